The molecule has 1 N–H and O–H groups in total. The predicted octanol–water partition coefficient (Wildman–Crippen LogP) is 4.59. The molecule has 0 fully saturated rings. The number of ether oxygens (including phenoxy) is 1. The zero-order chi connectivity index (χ0) is 18.3. The number of allylic oxidation sites excluding steroid dienone is 4. The lowest BCUT2D eigenvalue weighted by molar-refractivity contribution is -0.147. The van der Waals surface area contributed by atoms with Gasteiger partial charge < -0.3 is 9.84 Å². The first-order valence-electron chi connectivity index (χ1n) is 8.33. The van der Waals surface area contributed by atoms with Crippen LogP contribution in [0.25, 0.3) is 0 Å². The highest BCUT2D eigenvalue weighted by Gasteiger charge is 2.30. The molecule has 1 aliphatic rings. The van der Waals surface area contributed by atoms with Crippen molar-refractivity contribution in [2.75, 3.05) is 0 Å². The van der Waals surface area contributed by atoms with Gasteiger partial charge in [0.2, 0.25) is 0 Å². The van der Waals surface area contributed by atoms with Crippen LogP contribution in [-0.4, -0.2) is 23.1 Å². The van der Waals surface area contributed by atoms with Crippen LogP contribution in [0.4, 0.5) is 0 Å². The second-order valence-electron chi connectivity index (χ2n) is 6.43. The Morgan fingerprint density at radius 1 is 1.29 bits per heavy atom. The Hall–Kier alpha value is -2.10. The second kappa shape index (κ2) is 9.26. The Morgan fingerprint density at radius 2 is 1.96 bits per heavy atom. The van der Waals surface area contributed by atoms with Crippen LogP contribution in [0.3, 0.4) is 0 Å². The summed E-state index contributed by atoms with van der Waals surface area (Å²) in [4.78, 5) is 23.6. The molecule has 4 heteroatoms. The van der Waals surface area contributed by atoms with Crippen LogP contribution in [0, 0.1) is 5.92 Å². The minimum absolute atomic E-state index is 0.0864. The van der Waals surface area contributed by atoms with Gasteiger partial charge in [0.25, 0.3) is 0 Å². The molecule has 1 rings (SSSR count). The van der Waals surface area contributed by atoms with Gasteiger partial charge in [0.15, 0.2) is 0 Å². The van der Waals surface area contributed by atoms with Gasteiger partial charge in [0, 0.05) is 23.5 Å². The van der Waals surface area contributed by atoms with E-state index in [9.17, 15) is 14.7 Å². The summed E-state index contributed by atoms with van der Waals surface area (Å²) in [5.74, 6) is -1.89. The van der Waals surface area contributed by atoms with E-state index in [1.807, 2.05) is 19.9 Å². The number of hydrogen-bond donors (Lipinski definition) is 1. The highest BCUT2D eigenvalue weighted by molar-refractivity contribution is 5.88. The fraction of sp³-hybridized carbons (Fsp3) is 0.500. The van der Waals surface area contributed by atoms with E-state index in [4.69, 9.17) is 4.74 Å². The molecule has 0 aromatic rings. The average molecular weight is 332 g/mol. The molecule has 132 valence electrons. The van der Waals surface area contributed by atoms with Crippen LogP contribution in [-0.2, 0) is 14.3 Å². The van der Waals surface area contributed by atoms with Crippen LogP contribution in [0.2, 0.25) is 0 Å². The molecule has 1 aliphatic carbocycles. The maximum Gasteiger partial charge on any atom is 0.333 e. The molecule has 0 saturated carbocycles. The van der Waals surface area contributed by atoms with E-state index in [0.29, 0.717) is 18.4 Å². The van der Waals surface area contributed by atoms with Crippen LogP contribution in [0.15, 0.2) is 47.1 Å². The van der Waals surface area contributed by atoms with Gasteiger partial charge >= 0.3 is 11.9 Å². The average Bonchev–Trinajstić information content (AvgIpc) is 2.53. The van der Waals surface area contributed by atoms with Crippen molar-refractivity contribution in [3.63, 3.8) is 0 Å². The summed E-state index contributed by atoms with van der Waals surface area (Å²) in [6, 6.07) is 0. The van der Waals surface area contributed by atoms with Crippen LogP contribution < -0.4 is 0 Å². The molecule has 0 aliphatic heterocycles. The molecule has 0 spiro atoms. The van der Waals surface area contributed by atoms with E-state index in [-0.39, 0.29) is 5.57 Å². The molecular formula is C20H28O4. The van der Waals surface area contributed by atoms with Gasteiger partial charge in [-0.1, -0.05) is 36.0 Å². The van der Waals surface area contributed by atoms with Gasteiger partial charge in [0.1, 0.15) is 6.10 Å². The molecule has 24 heavy (non-hydrogen) atoms. The quantitative estimate of drug-likeness (QED) is 0.465. The SMILES string of the molecule is C=C(C(=O)O)C1CC=C(C)CCC=C(C)CC1OC(=O)C(C)=CC. The molecule has 0 bridgehead atoms. The summed E-state index contributed by atoms with van der Waals surface area (Å²) in [5, 5.41) is 9.37. The Balaban J connectivity index is 3.18. The van der Waals surface area contributed by atoms with Crippen molar-refractivity contribution in [3.05, 3.63) is 47.1 Å². The van der Waals surface area contributed by atoms with Gasteiger partial charge in [0.05, 0.1) is 0 Å². The summed E-state index contributed by atoms with van der Waals surface area (Å²) in [5.41, 5.74) is 2.91. The first-order valence-corrected chi connectivity index (χ1v) is 8.33. The number of esters is 1. The summed E-state index contributed by atoms with van der Waals surface area (Å²) < 4.78 is 5.66. The third-order valence-electron chi connectivity index (χ3n) is 4.46. The van der Waals surface area contributed by atoms with Crippen molar-refractivity contribution >= 4 is 11.9 Å². The van der Waals surface area contributed by atoms with E-state index in [1.54, 1.807) is 19.9 Å². The molecule has 0 saturated heterocycles. The summed E-state index contributed by atoms with van der Waals surface area (Å²) in [6.45, 7) is 11.2. The lowest BCUT2D eigenvalue weighted by atomic mass is 9.85. The van der Waals surface area contributed by atoms with Crippen molar-refractivity contribution in [2.24, 2.45) is 5.92 Å². The van der Waals surface area contributed by atoms with E-state index < -0.39 is 24.0 Å². The minimum atomic E-state index is -1.05. The Labute approximate surface area is 144 Å². The fourth-order valence-corrected chi connectivity index (χ4v) is 2.67. The Kier molecular flexibility index (Phi) is 7.69. The molecule has 0 radical (unpaired) electrons. The van der Waals surface area contributed by atoms with Crippen molar-refractivity contribution < 1.29 is 19.4 Å². The lowest BCUT2D eigenvalue weighted by Gasteiger charge is -2.28. The monoisotopic (exact) mass is 332 g/mol. The molecule has 0 aromatic carbocycles. The Morgan fingerprint density at radius 3 is 2.54 bits per heavy atom. The Bertz CT molecular complexity index is 593. The zero-order valence-electron chi connectivity index (χ0n) is 15.1. The fourth-order valence-electron chi connectivity index (χ4n) is 2.67. The highest BCUT2D eigenvalue weighted by atomic mass is 16.5. The lowest BCUT2D eigenvalue weighted by Crippen LogP contribution is -2.31. The van der Waals surface area contributed by atoms with Crippen molar-refractivity contribution in [1.82, 2.24) is 0 Å². The van der Waals surface area contributed by atoms with E-state index in [1.165, 1.54) is 5.57 Å². The topological polar surface area (TPSA) is 63.6 Å². The van der Waals surface area contributed by atoms with E-state index >= 15 is 0 Å². The first kappa shape index (κ1) is 19.9. The number of rotatable bonds is 4. The third-order valence-corrected chi connectivity index (χ3v) is 4.46. The maximum absolute atomic E-state index is 12.2. The van der Waals surface area contributed by atoms with Crippen molar-refractivity contribution in [1.29, 1.82) is 0 Å². The first-order chi connectivity index (χ1) is 11.3. The number of carbonyl (C=O) groups is 2. The normalized spacial score (nSPS) is 22.9. The largest absolute Gasteiger partial charge is 0.478 e. The summed E-state index contributed by atoms with van der Waals surface area (Å²) in [7, 11) is 0. The van der Waals surface area contributed by atoms with Gasteiger partial charge in [-0.15, -0.1) is 0 Å². The second-order valence-corrected chi connectivity index (χ2v) is 6.43. The highest BCUT2D eigenvalue weighted by Crippen LogP contribution is 2.29. The van der Waals surface area contributed by atoms with Crippen LogP contribution in [0.1, 0.15) is 53.4 Å². The number of hydrogen-bond acceptors (Lipinski definition) is 3. The van der Waals surface area contributed by atoms with Gasteiger partial charge in [-0.25, -0.2) is 9.59 Å². The van der Waals surface area contributed by atoms with E-state index in [0.717, 1.165) is 18.4 Å². The molecular weight excluding hydrogens is 304 g/mol. The van der Waals surface area contributed by atoms with Gasteiger partial charge in [-0.2, -0.15) is 0 Å². The van der Waals surface area contributed by atoms with E-state index in [2.05, 4.69) is 12.7 Å². The maximum atomic E-state index is 12.2. The van der Waals surface area contributed by atoms with Gasteiger partial charge in [-0.05, 0) is 47.0 Å². The standard InChI is InChI=1S/C20H28O4/c1-6-15(4)20(23)24-18-12-14(3)9-7-8-13(2)10-11-17(18)16(5)19(21)22/h6,9-10,17-18H,5,7-8,11-12H2,1-4H3,(H,21,22). The summed E-state index contributed by atoms with van der Waals surface area (Å²) in [6.07, 6.45) is 8.25. The van der Waals surface area contributed by atoms with Crippen molar-refractivity contribution in [3.8, 4) is 0 Å². The predicted molar refractivity (Wildman–Crippen MR) is 95.6 cm³/mol. The molecule has 4 nitrogen and oxygen atoms in total. The van der Waals surface area contributed by atoms with Crippen molar-refractivity contribution in [2.45, 2.75) is 59.5 Å². The number of carboxylic acid groups (broad SMARTS) is 1. The molecule has 0 amide bonds. The number of carboxylic acids is 1. The molecule has 2 unspecified atom stereocenters. The zero-order valence-corrected chi connectivity index (χ0v) is 15.1. The smallest absolute Gasteiger partial charge is 0.333 e. The van der Waals surface area contributed by atoms with Crippen LogP contribution >= 0.6 is 0 Å². The molecule has 0 heterocycles. The summed E-state index contributed by atoms with van der Waals surface area (Å²) >= 11 is 0. The molecule has 2 atom stereocenters. The van der Waals surface area contributed by atoms with Crippen LogP contribution in [0.5, 0.6) is 0 Å². The van der Waals surface area contributed by atoms with Gasteiger partial charge in [-0.3, -0.25) is 0 Å². The number of aliphatic carboxylic acids is 1. The minimum Gasteiger partial charge on any atom is -0.478 e. The number of carbonyl (C=O) groups excluding carboxylic acids is 1. The third kappa shape index (κ3) is 5.84. The molecule has 0 aromatic heterocycles.